The van der Waals surface area contributed by atoms with Gasteiger partial charge in [0, 0.05) is 17.1 Å². The van der Waals surface area contributed by atoms with Crippen LogP contribution in [-0.4, -0.2) is 26.2 Å². The number of methoxy groups -OCH3 is 1. The average molecular weight is 223 g/mol. The van der Waals surface area contributed by atoms with Crippen molar-refractivity contribution >= 4 is 24.3 Å². The molecular formula is C11H13NO2S. The number of thiol groups is 1. The van der Waals surface area contributed by atoms with Crippen molar-refractivity contribution in [3.63, 3.8) is 0 Å². The Morgan fingerprint density at radius 2 is 2.40 bits per heavy atom. The van der Waals surface area contributed by atoms with Crippen LogP contribution in [0.3, 0.4) is 0 Å². The van der Waals surface area contributed by atoms with Gasteiger partial charge in [0.2, 0.25) is 0 Å². The first kappa shape index (κ1) is 10.4. The highest BCUT2D eigenvalue weighted by Gasteiger charge is 2.21. The van der Waals surface area contributed by atoms with Gasteiger partial charge in [0.1, 0.15) is 6.54 Å². The summed E-state index contributed by atoms with van der Waals surface area (Å²) in [5, 5.41) is 0. The summed E-state index contributed by atoms with van der Waals surface area (Å²) in [4.78, 5) is 14.2. The van der Waals surface area contributed by atoms with E-state index in [1.807, 2.05) is 17.0 Å². The third-order valence-electron chi connectivity index (χ3n) is 2.60. The molecule has 0 aliphatic carbocycles. The molecule has 0 saturated carbocycles. The number of rotatable bonds is 2. The van der Waals surface area contributed by atoms with Gasteiger partial charge < -0.3 is 9.64 Å². The van der Waals surface area contributed by atoms with E-state index in [1.165, 1.54) is 12.7 Å². The molecule has 0 atom stereocenters. The summed E-state index contributed by atoms with van der Waals surface area (Å²) in [5.74, 6) is -0.196. The Labute approximate surface area is 94.4 Å². The summed E-state index contributed by atoms with van der Waals surface area (Å²) in [6, 6.07) is 6.00. The van der Waals surface area contributed by atoms with Crippen LogP contribution in [0.4, 0.5) is 5.69 Å². The Hall–Kier alpha value is -1.16. The lowest BCUT2D eigenvalue weighted by Gasteiger charge is -2.17. The molecule has 1 aliphatic rings. The lowest BCUT2D eigenvalue weighted by Crippen LogP contribution is -2.28. The fourth-order valence-electron chi connectivity index (χ4n) is 1.84. The summed E-state index contributed by atoms with van der Waals surface area (Å²) in [6.07, 6.45) is 0.973. The zero-order valence-corrected chi connectivity index (χ0v) is 9.46. The molecule has 0 aromatic heterocycles. The van der Waals surface area contributed by atoms with Crippen molar-refractivity contribution in [2.24, 2.45) is 0 Å². The largest absolute Gasteiger partial charge is 0.468 e. The van der Waals surface area contributed by atoms with Gasteiger partial charge in [0.05, 0.1) is 7.11 Å². The second kappa shape index (κ2) is 4.14. The van der Waals surface area contributed by atoms with Crippen molar-refractivity contribution in [1.29, 1.82) is 0 Å². The topological polar surface area (TPSA) is 29.5 Å². The van der Waals surface area contributed by atoms with E-state index in [2.05, 4.69) is 23.4 Å². The summed E-state index contributed by atoms with van der Waals surface area (Å²) in [5.41, 5.74) is 2.38. The summed E-state index contributed by atoms with van der Waals surface area (Å²) >= 11 is 4.29. The van der Waals surface area contributed by atoms with Gasteiger partial charge in [-0.1, -0.05) is 0 Å². The zero-order chi connectivity index (χ0) is 10.8. The molecule has 1 heterocycles. The molecule has 15 heavy (non-hydrogen) atoms. The molecule has 0 fully saturated rings. The molecule has 0 unspecified atom stereocenters. The Balaban J connectivity index is 2.18. The fraction of sp³-hybridized carbons (Fsp3) is 0.364. The molecule has 0 spiro atoms. The SMILES string of the molecule is COC(=O)CN1CCc2cc(S)ccc21. The maximum atomic E-state index is 11.2. The number of hydrogen-bond donors (Lipinski definition) is 1. The summed E-state index contributed by atoms with van der Waals surface area (Å²) < 4.78 is 4.66. The molecule has 1 aliphatic heterocycles. The molecule has 0 N–H and O–H groups in total. The van der Waals surface area contributed by atoms with Crippen LogP contribution in [0.25, 0.3) is 0 Å². The Morgan fingerprint density at radius 3 is 3.13 bits per heavy atom. The van der Waals surface area contributed by atoms with Gasteiger partial charge >= 0.3 is 5.97 Å². The van der Waals surface area contributed by atoms with Crippen LogP contribution in [0.1, 0.15) is 5.56 Å². The third-order valence-corrected chi connectivity index (χ3v) is 2.88. The maximum absolute atomic E-state index is 11.2. The smallest absolute Gasteiger partial charge is 0.325 e. The van der Waals surface area contributed by atoms with Crippen molar-refractivity contribution in [1.82, 2.24) is 0 Å². The standard InChI is InChI=1S/C11H13NO2S/c1-14-11(13)7-12-5-4-8-6-9(15)2-3-10(8)12/h2-3,6,15H,4-5,7H2,1H3. The van der Waals surface area contributed by atoms with Gasteiger partial charge in [-0.2, -0.15) is 0 Å². The number of hydrogen-bond acceptors (Lipinski definition) is 4. The third kappa shape index (κ3) is 2.09. The first-order chi connectivity index (χ1) is 7.20. The number of esters is 1. The van der Waals surface area contributed by atoms with E-state index in [0.717, 1.165) is 23.5 Å². The quantitative estimate of drug-likeness (QED) is 0.609. The van der Waals surface area contributed by atoms with E-state index in [4.69, 9.17) is 0 Å². The van der Waals surface area contributed by atoms with Crippen molar-refractivity contribution in [3.8, 4) is 0 Å². The molecular weight excluding hydrogens is 210 g/mol. The minimum atomic E-state index is -0.196. The molecule has 0 saturated heterocycles. The molecule has 2 rings (SSSR count). The highest BCUT2D eigenvalue weighted by molar-refractivity contribution is 7.80. The molecule has 3 nitrogen and oxygen atoms in total. The summed E-state index contributed by atoms with van der Waals surface area (Å²) in [6.45, 7) is 1.21. The first-order valence-corrected chi connectivity index (χ1v) is 5.29. The van der Waals surface area contributed by atoms with E-state index < -0.39 is 0 Å². The number of anilines is 1. The van der Waals surface area contributed by atoms with Crippen LogP contribution in [0.15, 0.2) is 23.1 Å². The molecule has 80 valence electrons. The van der Waals surface area contributed by atoms with Crippen LogP contribution in [0, 0.1) is 0 Å². The molecule has 0 bridgehead atoms. The van der Waals surface area contributed by atoms with Crippen molar-refractivity contribution in [3.05, 3.63) is 23.8 Å². The summed E-state index contributed by atoms with van der Waals surface area (Å²) in [7, 11) is 1.41. The lowest BCUT2D eigenvalue weighted by atomic mass is 10.2. The predicted molar refractivity (Wildman–Crippen MR) is 61.6 cm³/mol. The van der Waals surface area contributed by atoms with E-state index in [-0.39, 0.29) is 5.97 Å². The average Bonchev–Trinajstić information content (AvgIpc) is 2.60. The monoisotopic (exact) mass is 223 g/mol. The van der Waals surface area contributed by atoms with Gasteiger partial charge in [0.15, 0.2) is 0 Å². The van der Waals surface area contributed by atoms with E-state index in [0.29, 0.717) is 6.54 Å². The maximum Gasteiger partial charge on any atom is 0.325 e. The molecule has 0 amide bonds. The Kier molecular flexibility index (Phi) is 2.86. The highest BCUT2D eigenvalue weighted by atomic mass is 32.1. The van der Waals surface area contributed by atoms with Gasteiger partial charge in [-0.05, 0) is 30.2 Å². The van der Waals surface area contributed by atoms with Crippen molar-refractivity contribution in [2.45, 2.75) is 11.3 Å². The number of carbonyl (C=O) groups excluding carboxylic acids is 1. The van der Waals surface area contributed by atoms with Crippen LogP contribution >= 0.6 is 12.6 Å². The molecule has 0 radical (unpaired) electrons. The van der Waals surface area contributed by atoms with Gasteiger partial charge in [-0.25, -0.2) is 0 Å². The van der Waals surface area contributed by atoms with Crippen molar-refractivity contribution < 1.29 is 9.53 Å². The fourth-order valence-corrected chi connectivity index (χ4v) is 2.07. The number of carbonyl (C=O) groups is 1. The van der Waals surface area contributed by atoms with Gasteiger partial charge in [-0.15, -0.1) is 12.6 Å². The highest BCUT2D eigenvalue weighted by Crippen LogP contribution is 2.29. The number of ether oxygens (including phenoxy) is 1. The molecule has 1 aromatic rings. The predicted octanol–water partition coefficient (Wildman–Crippen LogP) is 1.51. The van der Waals surface area contributed by atoms with Crippen LogP contribution in [0.5, 0.6) is 0 Å². The zero-order valence-electron chi connectivity index (χ0n) is 8.56. The number of benzene rings is 1. The molecule has 4 heteroatoms. The minimum absolute atomic E-state index is 0.196. The minimum Gasteiger partial charge on any atom is -0.468 e. The Morgan fingerprint density at radius 1 is 1.60 bits per heavy atom. The first-order valence-electron chi connectivity index (χ1n) is 4.84. The van der Waals surface area contributed by atoms with E-state index in [1.54, 1.807) is 0 Å². The molecule has 1 aromatic carbocycles. The van der Waals surface area contributed by atoms with Crippen molar-refractivity contribution in [2.75, 3.05) is 25.1 Å². The van der Waals surface area contributed by atoms with Gasteiger partial charge in [-0.3, -0.25) is 4.79 Å². The number of nitrogens with zero attached hydrogens (tertiary/aromatic N) is 1. The van der Waals surface area contributed by atoms with Gasteiger partial charge in [0.25, 0.3) is 0 Å². The second-order valence-electron chi connectivity index (χ2n) is 3.56. The van der Waals surface area contributed by atoms with E-state index in [9.17, 15) is 4.79 Å². The van der Waals surface area contributed by atoms with Crippen LogP contribution in [-0.2, 0) is 16.0 Å². The lowest BCUT2D eigenvalue weighted by molar-refractivity contribution is -0.138. The number of fused-ring (bicyclic) bond motifs is 1. The van der Waals surface area contributed by atoms with Crippen LogP contribution in [0.2, 0.25) is 0 Å². The van der Waals surface area contributed by atoms with E-state index >= 15 is 0 Å². The normalized spacial score (nSPS) is 13.9. The Bertz CT molecular complexity index is 392. The van der Waals surface area contributed by atoms with Crippen LogP contribution < -0.4 is 4.90 Å². The second-order valence-corrected chi connectivity index (χ2v) is 4.08.